The van der Waals surface area contributed by atoms with Gasteiger partial charge in [-0.1, -0.05) is 0 Å². The lowest BCUT2D eigenvalue weighted by Crippen LogP contribution is -2.37. The third-order valence-corrected chi connectivity index (χ3v) is 2.28. The molecule has 1 aliphatic rings. The summed E-state index contributed by atoms with van der Waals surface area (Å²) in [5.74, 6) is -0.444. The fraction of sp³-hybridized carbons (Fsp3) is 0.600. The Morgan fingerprint density at radius 1 is 1.27 bits per heavy atom. The topological polar surface area (TPSA) is 49.9 Å². The molecule has 15 heavy (non-hydrogen) atoms. The van der Waals surface area contributed by atoms with Gasteiger partial charge in [-0.25, -0.2) is 0 Å². The van der Waals surface area contributed by atoms with Crippen LogP contribution in [0.15, 0.2) is 12.2 Å². The van der Waals surface area contributed by atoms with Crippen LogP contribution in [0.2, 0.25) is 0 Å². The van der Waals surface area contributed by atoms with E-state index in [9.17, 15) is 9.59 Å². The molecule has 0 aromatic heterocycles. The van der Waals surface area contributed by atoms with Crippen molar-refractivity contribution in [3.8, 4) is 0 Å². The van der Waals surface area contributed by atoms with E-state index in [1.54, 1.807) is 7.11 Å². The first kappa shape index (κ1) is 11.9. The third kappa shape index (κ3) is 3.45. The van der Waals surface area contributed by atoms with Crippen LogP contribution in [0.1, 0.15) is 0 Å². The van der Waals surface area contributed by atoms with E-state index in [4.69, 9.17) is 4.74 Å². The SMILES string of the molecule is COCCN(C)CCN1C(=O)C=CC1=O. The van der Waals surface area contributed by atoms with Gasteiger partial charge in [0.1, 0.15) is 0 Å². The van der Waals surface area contributed by atoms with Gasteiger partial charge >= 0.3 is 0 Å². The van der Waals surface area contributed by atoms with Gasteiger partial charge in [0.15, 0.2) is 0 Å². The molecule has 0 spiro atoms. The summed E-state index contributed by atoms with van der Waals surface area (Å²) >= 11 is 0. The Labute approximate surface area is 89.3 Å². The van der Waals surface area contributed by atoms with Crippen LogP contribution in [0.4, 0.5) is 0 Å². The van der Waals surface area contributed by atoms with E-state index in [0.29, 0.717) is 19.7 Å². The molecular weight excluding hydrogens is 196 g/mol. The predicted molar refractivity (Wildman–Crippen MR) is 55.2 cm³/mol. The van der Waals surface area contributed by atoms with Crippen LogP contribution in [-0.2, 0) is 14.3 Å². The number of methoxy groups -OCH3 is 1. The Morgan fingerprint density at radius 2 is 1.87 bits per heavy atom. The molecular formula is C10H16N2O3. The van der Waals surface area contributed by atoms with Crippen molar-refractivity contribution < 1.29 is 14.3 Å². The molecule has 0 radical (unpaired) electrons. The van der Waals surface area contributed by atoms with Crippen molar-refractivity contribution in [2.24, 2.45) is 0 Å². The standard InChI is InChI=1S/C10H16N2O3/c1-11(7-8-15-2)5-6-12-9(13)3-4-10(12)14/h3-4H,5-8H2,1-2H3. The molecule has 0 fully saturated rings. The summed E-state index contributed by atoms with van der Waals surface area (Å²) in [5.41, 5.74) is 0. The molecule has 1 heterocycles. The Bertz CT molecular complexity index is 258. The number of hydrogen-bond donors (Lipinski definition) is 0. The molecule has 2 amide bonds. The highest BCUT2D eigenvalue weighted by atomic mass is 16.5. The second-order valence-electron chi connectivity index (χ2n) is 3.46. The monoisotopic (exact) mass is 212 g/mol. The van der Waals surface area contributed by atoms with E-state index in [2.05, 4.69) is 0 Å². The van der Waals surface area contributed by atoms with E-state index >= 15 is 0 Å². The van der Waals surface area contributed by atoms with Crippen molar-refractivity contribution in [1.82, 2.24) is 9.80 Å². The summed E-state index contributed by atoms with van der Waals surface area (Å²) in [5, 5.41) is 0. The number of carbonyl (C=O) groups excluding carboxylic acids is 2. The lowest BCUT2D eigenvalue weighted by molar-refractivity contribution is -0.136. The zero-order chi connectivity index (χ0) is 11.3. The minimum atomic E-state index is -0.222. The van der Waals surface area contributed by atoms with Gasteiger partial charge in [-0.2, -0.15) is 0 Å². The molecule has 1 rings (SSSR count). The first-order chi connectivity index (χ1) is 7.15. The van der Waals surface area contributed by atoms with Crippen LogP contribution in [-0.4, -0.2) is 62.0 Å². The maximum atomic E-state index is 11.2. The molecule has 5 nitrogen and oxygen atoms in total. The summed E-state index contributed by atoms with van der Waals surface area (Å²) < 4.78 is 4.93. The zero-order valence-corrected chi connectivity index (χ0v) is 9.10. The number of amides is 2. The van der Waals surface area contributed by atoms with Crippen LogP contribution >= 0.6 is 0 Å². The second kappa shape index (κ2) is 5.63. The molecule has 0 aromatic carbocycles. The Hall–Kier alpha value is -1.20. The highest BCUT2D eigenvalue weighted by Crippen LogP contribution is 2.02. The molecule has 0 unspecified atom stereocenters. The third-order valence-electron chi connectivity index (χ3n) is 2.28. The number of imide groups is 1. The number of likely N-dealkylation sites (N-methyl/N-ethyl adjacent to an activating group) is 1. The number of carbonyl (C=O) groups is 2. The van der Waals surface area contributed by atoms with E-state index in [1.165, 1.54) is 17.1 Å². The lowest BCUT2D eigenvalue weighted by atomic mass is 10.4. The minimum absolute atomic E-state index is 0.222. The van der Waals surface area contributed by atoms with Gasteiger partial charge in [0.05, 0.1) is 6.61 Å². The number of ether oxygens (including phenoxy) is 1. The highest BCUT2D eigenvalue weighted by molar-refractivity contribution is 6.12. The average molecular weight is 212 g/mol. The quantitative estimate of drug-likeness (QED) is 0.556. The summed E-state index contributed by atoms with van der Waals surface area (Å²) in [7, 11) is 3.57. The van der Waals surface area contributed by atoms with Gasteiger partial charge in [-0.15, -0.1) is 0 Å². The van der Waals surface area contributed by atoms with Crippen molar-refractivity contribution in [3.05, 3.63) is 12.2 Å². The van der Waals surface area contributed by atoms with Crippen LogP contribution in [0, 0.1) is 0 Å². The van der Waals surface area contributed by atoms with Crippen molar-refractivity contribution >= 4 is 11.8 Å². The van der Waals surface area contributed by atoms with Crippen LogP contribution < -0.4 is 0 Å². The van der Waals surface area contributed by atoms with Crippen molar-refractivity contribution in [2.75, 3.05) is 40.4 Å². The molecule has 0 saturated carbocycles. The molecule has 0 aromatic rings. The van der Waals surface area contributed by atoms with Gasteiger partial charge in [0, 0.05) is 38.9 Å². The normalized spacial score (nSPS) is 15.8. The molecule has 0 N–H and O–H groups in total. The molecule has 0 saturated heterocycles. The minimum Gasteiger partial charge on any atom is -0.383 e. The Morgan fingerprint density at radius 3 is 2.40 bits per heavy atom. The summed E-state index contributed by atoms with van der Waals surface area (Å²) in [4.78, 5) is 25.6. The fourth-order valence-corrected chi connectivity index (χ4v) is 1.28. The van der Waals surface area contributed by atoms with Gasteiger partial charge in [0.25, 0.3) is 11.8 Å². The van der Waals surface area contributed by atoms with Gasteiger partial charge in [-0.3, -0.25) is 14.5 Å². The number of hydrogen-bond acceptors (Lipinski definition) is 4. The molecule has 84 valence electrons. The van der Waals surface area contributed by atoms with Crippen molar-refractivity contribution in [1.29, 1.82) is 0 Å². The van der Waals surface area contributed by atoms with E-state index in [0.717, 1.165) is 6.54 Å². The smallest absolute Gasteiger partial charge is 0.253 e. The zero-order valence-electron chi connectivity index (χ0n) is 9.10. The second-order valence-corrected chi connectivity index (χ2v) is 3.46. The largest absolute Gasteiger partial charge is 0.383 e. The summed E-state index contributed by atoms with van der Waals surface area (Å²) in [6.45, 7) is 2.55. The van der Waals surface area contributed by atoms with E-state index in [-0.39, 0.29) is 11.8 Å². The van der Waals surface area contributed by atoms with Gasteiger partial charge in [0.2, 0.25) is 0 Å². The maximum absolute atomic E-state index is 11.2. The molecule has 5 heteroatoms. The van der Waals surface area contributed by atoms with E-state index in [1.807, 2.05) is 11.9 Å². The summed E-state index contributed by atoms with van der Waals surface area (Å²) in [6, 6.07) is 0. The molecule has 0 aliphatic carbocycles. The van der Waals surface area contributed by atoms with Gasteiger partial charge in [-0.05, 0) is 7.05 Å². The maximum Gasteiger partial charge on any atom is 0.253 e. The van der Waals surface area contributed by atoms with Crippen molar-refractivity contribution in [2.45, 2.75) is 0 Å². The molecule has 0 bridgehead atoms. The molecule has 1 aliphatic heterocycles. The Kier molecular flexibility index (Phi) is 4.45. The number of rotatable bonds is 6. The fourth-order valence-electron chi connectivity index (χ4n) is 1.28. The van der Waals surface area contributed by atoms with Crippen LogP contribution in [0.5, 0.6) is 0 Å². The Balaban J connectivity index is 2.25. The number of nitrogens with zero attached hydrogens (tertiary/aromatic N) is 2. The first-order valence-electron chi connectivity index (χ1n) is 4.86. The predicted octanol–water partition coefficient (Wildman–Crippen LogP) is -0.510. The molecule has 0 atom stereocenters. The van der Waals surface area contributed by atoms with Crippen molar-refractivity contribution in [3.63, 3.8) is 0 Å². The first-order valence-corrected chi connectivity index (χ1v) is 4.86. The van der Waals surface area contributed by atoms with Gasteiger partial charge < -0.3 is 9.64 Å². The van der Waals surface area contributed by atoms with Crippen LogP contribution in [0.25, 0.3) is 0 Å². The van der Waals surface area contributed by atoms with Crippen LogP contribution in [0.3, 0.4) is 0 Å². The highest BCUT2D eigenvalue weighted by Gasteiger charge is 2.22. The average Bonchev–Trinajstić information content (AvgIpc) is 2.53. The lowest BCUT2D eigenvalue weighted by Gasteiger charge is -2.20. The summed E-state index contributed by atoms with van der Waals surface area (Å²) in [6.07, 6.45) is 2.61. The van der Waals surface area contributed by atoms with E-state index < -0.39 is 0 Å².